The lowest BCUT2D eigenvalue weighted by Crippen LogP contribution is -2.17. The van der Waals surface area contributed by atoms with Gasteiger partial charge in [0.15, 0.2) is 0 Å². The van der Waals surface area contributed by atoms with Crippen LogP contribution in [0.5, 0.6) is 0 Å². The SMILES string of the molecule is Fc1ccccc1Cc1ccc2cc3n(c2c1)CCNCC3. The molecule has 1 N–H and O–H groups in total. The molecule has 0 spiro atoms. The first-order valence-corrected chi connectivity index (χ1v) is 7.86. The highest BCUT2D eigenvalue weighted by Gasteiger charge is 2.12. The fraction of sp³-hybridized carbons (Fsp3) is 0.263. The van der Waals surface area contributed by atoms with E-state index in [1.807, 2.05) is 12.1 Å². The maximum atomic E-state index is 13.8. The number of benzene rings is 2. The van der Waals surface area contributed by atoms with Crippen molar-refractivity contribution < 1.29 is 4.39 Å². The van der Waals surface area contributed by atoms with E-state index >= 15 is 0 Å². The van der Waals surface area contributed by atoms with Gasteiger partial charge in [-0.15, -0.1) is 0 Å². The molecule has 3 aromatic rings. The van der Waals surface area contributed by atoms with Crippen molar-refractivity contribution in [2.24, 2.45) is 0 Å². The van der Waals surface area contributed by atoms with Gasteiger partial charge in [0.1, 0.15) is 5.82 Å². The second-order valence-corrected chi connectivity index (χ2v) is 5.95. The largest absolute Gasteiger partial charge is 0.343 e. The highest BCUT2D eigenvalue weighted by atomic mass is 19.1. The van der Waals surface area contributed by atoms with Crippen molar-refractivity contribution in [2.45, 2.75) is 19.4 Å². The minimum Gasteiger partial charge on any atom is -0.343 e. The van der Waals surface area contributed by atoms with Crippen molar-refractivity contribution in [3.05, 3.63) is 71.2 Å². The number of nitrogens with one attached hydrogen (secondary N) is 1. The van der Waals surface area contributed by atoms with Gasteiger partial charge in [-0.2, -0.15) is 0 Å². The number of halogens is 1. The smallest absolute Gasteiger partial charge is 0.126 e. The van der Waals surface area contributed by atoms with Crippen LogP contribution in [0.15, 0.2) is 48.5 Å². The van der Waals surface area contributed by atoms with E-state index in [0.29, 0.717) is 6.42 Å². The predicted molar refractivity (Wildman–Crippen MR) is 87.7 cm³/mol. The zero-order chi connectivity index (χ0) is 14.9. The Morgan fingerprint density at radius 3 is 2.86 bits per heavy atom. The molecule has 0 amide bonds. The Hall–Kier alpha value is -2.13. The summed E-state index contributed by atoms with van der Waals surface area (Å²) in [4.78, 5) is 0. The van der Waals surface area contributed by atoms with Crippen LogP contribution in [0.4, 0.5) is 4.39 Å². The summed E-state index contributed by atoms with van der Waals surface area (Å²) >= 11 is 0. The summed E-state index contributed by atoms with van der Waals surface area (Å²) in [5.41, 5.74) is 4.58. The highest BCUT2D eigenvalue weighted by molar-refractivity contribution is 5.82. The number of fused-ring (bicyclic) bond motifs is 3. The summed E-state index contributed by atoms with van der Waals surface area (Å²) in [7, 11) is 0. The molecule has 0 fully saturated rings. The van der Waals surface area contributed by atoms with Crippen molar-refractivity contribution in [3.8, 4) is 0 Å². The Labute approximate surface area is 129 Å². The Morgan fingerprint density at radius 2 is 1.95 bits per heavy atom. The third kappa shape index (κ3) is 2.42. The molecule has 112 valence electrons. The van der Waals surface area contributed by atoms with E-state index in [1.54, 1.807) is 6.07 Å². The van der Waals surface area contributed by atoms with E-state index in [9.17, 15) is 4.39 Å². The Kier molecular flexibility index (Phi) is 3.43. The summed E-state index contributed by atoms with van der Waals surface area (Å²) in [6.45, 7) is 3.05. The lowest BCUT2D eigenvalue weighted by Gasteiger charge is -2.08. The van der Waals surface area contributed by atoms with Gasteiger partial charge in [-0.25, -0.2) is 4.39 Å². The second kappa shape index (κ2) is 5.58. The van der Waals surface area contributed by atoms with Crippen LogP contribution in [0.1, 0.15) is 16.8 Å². The van der Waals surface area contributed by atoms with Gasteiger partial charge in [0, 0.05) is 43.7 Å². The zero-order valence-corrected chi connectivity index (χ0v) is 12.5. The van der Waals surface area contributed by atoms with Crippen molar-refractivity contribution in [1.29, 1.82) is 0 Å². The van der Waals surface area contributed by atoms with Crippen molar-refractivity contribution in [2.75, 3.05) is 13.1 Å². The standard InChI is InChI=1S/C19H19FN2/c20-18-4-2-1-3-15(18)11-14-5-6-16-13-17-7-8-21-9-10-22(17)19(16)12-14/h1-6,12-13,21H,7-11H2. The van der Waals surface area contributed by atoms with Crippen LogP contribution in [0, 0.1) is 5.82 Å². The molecule has 0 aliphatic carbocycles. The molecular weight excluding hydrogens is 275 g/mol. The Morgan fingerprint density at radius 1 is 1.05 bits per heavy atom. The molecule has 2 heterocycles. The molecule has 3 heteroatoms. The molecule has 1 aromatic heterocycles. The molecule has 1 aliphatic rings. The quantitative estimate of drug-likeness (QED) is 0.765. The maximum Gasteiger partial charge on any atom is 0.126 e. The first kappa shape index (κ1) is 13.5. The van der Waals surface area contributed by atoms with Crippen LogP contribution in [-0.4, -0.2) is 17.7 Å². The highest BCUT2D eigenvalue weighted by Crippen LogP contribution is 2.24. The number of rotatable bonds is 2. The molecule has 2 nitrogen and oxygen atoms in total. The predicted octanol–water partition coefficient (Wildman–Crippen LogP) is 3.52. The first-order valence-electron chi connectivity index (χ1n) is 7.86. The molecule has 0 bridgehead atoms. The number of hydrogen-bond acceptors (Lipinski definition) is 1. The van der Waals surface area contributed by atoms with Gasteiger partial charge in [0.25, 0.3) is 0 Å². The lowest BCUT2D eigenvalue weighted by molar-refractivity contribution is 0.614. The molecule has 0 unspecified atom stereocenters. The van der Waals surface area contributed by atoms with Crippen molar-refractivity contribution in [3.63, 3.8) is 0 Å². The van der Waals surface area contributed by atoms with E-state index < -0.39 is 0 Å². The van der Waals surface area contributed by atoms with E-state index in [4.69, 9.17) is 0 Å². The average molecular weight is 294 g/mol. The third-order valence-corrected chi connectivity index (χ3v) is 4.48. The van der Waals surface area contributed by atoms with Crippen molar-refractivity contribution >= 4 is 10.9 Å². The van der Waals surface area contributed by atoms with E-state index in [1.165, 1.54) is 22.7 Å². The molecule has 0 saturated carbocycles. The van der Waals surface area contributed by atoms with Gasteiger partial charge in [0.05, 0.1) is 0 Å². The maximum absolute atomic E-state index is 13.8. The fourth-order valence-electron chi connectivity index (χ4n) is 3.33. The van der Waals surface area contributed by atoms with Crippen LogP contribution in [0.2, 0.25) is 0 Å². The monoisotopic (exact) mass is 294 g/mol. The molecule has 2 aromatic carbocycles. The summed E-state index contributed by atoms with van der Waals surface area (Å²) in [6.07, 6.45) is 1.71. The normalized spacial score (nSPS) is 14.8. The first-order chi connectivity index (χ1) is 10.8. The van der Waals surface area contributed by atoms with Gasteiger partial charge in [0.2, 0.25) is 0 Å². The second-order valence-electron chi connectivity index (χ2n) is 5.95. The van der Waals surface area contributed by atoms with E-state index in [-0.39, 0.29) is 5.82 Å². The lowest BCUT2D eigenvalue weighted by atomic mass is 10.0. The number of aromatic nitrogens is 1. The summed E-state index contributed by atoms with van der Waals surface area (Å²) in [6, 6.07) is 15.8. The van der Waals surface area contributed by atoms with Gasteiger partial charge >= 0.3 is 0 Å². The molecular formula is C19H19FN2. The van der Waals surface area contributed by atoms with Gasteiger partial charge in [-0.05, 0) is 34.7 Å². The minimum atomic E-state index is -0.124. The topological polar surface area (TPSA) is 17.0 Å². The Balaban J connectivity index is 1.74. The summed E-state index contributed by atoms with van der Waals surface area (Å²) < 4.78 is 16.2. The van der Waals surface area contributed by atoms with Crippen molar-refractivity contribution in [1.82, 2.24) is 9.88 Å². The zero-order valence-electron chi connectivity index (χ0n) is 12.5. The van der Waals surface area contributed by atoms with Gasteiger partial charge in [-0.3, -0.25) is 0 Å². The molecule has 0 radical (unpaired) electrons. The fourth-order valence-corrected chi connectivity index (χ4v) is 3.33. The molecule has 1 aliphatic heterocycles. The van der Waals surface area contributed by atoms with Gasteiger partial charge in [-0.1, -0.05) is 30.3 Å². The van der Waals surface area contributed by atoms with Crippen LogP contribution >= 0.6 is 0 Å². The van der Waals surface area contributed by atoms with Crippen LogP contribution in [0.25, 0.3) is 10.9 Å². The molecule has 22 heavy (non-hydrogen) atoms. The Bertz CT molecular complexity index is 819. The number of hydrogen-bond donors (Lipinski definition) is 1. The number of nitrogens with zero attached hydrogens (tertiary/aromatic N) is 1. The summed E-state index contributed by atoms with van der Waals surface area (Å²) in [5, 5.41) is 4.72. The van der Waals surface area contributed by atoms with Gasteiger partial charge < -0.3 is 9.88 Å². The third-order valence-electron chi connectivity index (χ3n) is 4.48. The van der Waals surface area contributed by atoms with E-state index in [2.05, 4.69) is 34.1 Å². The molecule has 0 saturated heterocycles. The molecule has 0 atom stereocenters. The van der Waals surface area contributed by atoms with Crippen LogP contribution < -0.4 is 5.32 Å². The average Bonchev–Trinajstić information content (AvgIpc) is 2.71. The molecule has 4 rings (SSSR count). The summed E-state index contributed by atoms with van der Waals surface area (Å²) in [5.74, 6) is -0.124. The van der Waals surface area contributed by atoms with E-state index in [0.717, 1.165) is 37.2 Å². The van der Waals surface area contributed by atoms with Crippen LogP contribution in [-0.2, 0) is 19.4 Å². The minimum absolute atomic E-state index is 0.124. The van der Waals surface area contributed by atoms with Crippen LogP contribution in [0.3, 0.4) is 0 Å².